The van der Waals surface area contributed by atoms with Crippen molar-refractivity contribution in [2.24, 2.45) is 0 Å². The molecule has 0 aliphatic carbocycles. The molecular formula is C12H12O8S. The van der Waals surface area contributed by atoms with Gasteiger partial charge in [-0.05, 0) is 23.8 Å². The van der Waals surface area contributed by atoms with Crippen LogP contribution in [0, 0.1) is 0 Å². The third-order valence-corrected chi connectivity index (χ3v) is 2.61. The topological polar surface area (TPSA) is 116 Å². The molecule has 0 aliphatic heterocycles. The standard InChI is InChI=1S/C12H12O8S/c1-18-11(13)10(12(14)19-2)7-8-3-5-9(6-4-8)20-21(15,16)17/h3-7H,1-2H3,(H,15,16,17). The van der Waals surface area contributed by atoms with Gasteiger partial charge in [-0.1, -0.05) is 12.1 Å². The van der Waals surface area contributed by atoms with Gasteiger partial charge >= 0.3 is 22.3 Å². The fourth-order valence-corrected chi connectivity index (χ4v) is 1.68. The number of hydrogen-bond donors (Lipinski definition) is 1. The molecule has 0 bridgehead atoms. The molecule has 0 fully saturated rings. The molecule has 0 unspecified atom stereocenters. The summed E-state index contributed by atoms with van der Waals surface area (Å²) in [7, 11) is -2.38. The number of benzene rings is 1. The van der Waals surface area contributed by atoms with Crippen LogP contribution in [0.1, 0.15) is 5.56 Å². The Kier molecular flexibility index (Phi) is 5.44. The molecule has 1 N–H and O–H groups in total. The lowest BCUT2D eigenvalue weighted by Crippen LogP contribution is -2.15. The molecule has 0 saturated carbocycles. The highest BCUT2D eigenvalue weighted by Crippen LogP contribution is 2.16. The van der Waals surface area contributed by atoms with E-state index in [9.17, 15) is 18.0 Å². The molecule has 1 aromatic carbocycles. The van der Waals surface area contributed by atoms with E-state index in [0.29, 0.717) is 5.56 Å². The summed E-state index contributed by atoms with van der Waals surface area (Å²) in [5, 5.41) is 0. The zero-order valence-electron chi connectivity index (χ0n) is 11.1. The minimum atomic E-state index is -4.61. The predicted octanol–water partition coefficient (Wildman–Crippen LogP) is 0.598. The van der Waals surface area contributed by atoms with Gasteiger partial charge in [-0.3, -0.25) is 4.55 Å². The van der Waals surface area contributed by atoms with Crippen LogP contribution in [0.5, 0.6) is 5.75 Å². The van der Waals surface area contributed by atoms with Crippen LogP contribution in [0.25, 0.3) is 6.08 Å². The minimum absolute atomic E-state index is 0.132. The Labute approximate surface area is 120 Å². The highest BCUT2D eigenvalue weighted by Gasteiger charge is 2.19. The molecule has 1 rings (SSSR count). The first-order valence-electron chi connectivity index (χ1n) is 5.42. The second-order valence-electron chi connectivity index (χ2n) is 3.62. The van der Waals surface area contributed by atoms with Crippen molar-refractivity contribution >= 4 is 28.4 Å². The van der Waals surface area contributed by atoms with Crippen LogP contribution in [-0.2, 0) is 29.5 Å². The SMILES string of the molecule is COC(=O)C(=Cc1ccc(OS(=O)(=O)O)cc1)C(=O)OC. The second-order valence-corrected chi connectivity index (χ2v) is 4.64. The van der Waals surface area contributed by atoms with Crippen LogP contribution in [-0.4, -0.2) is 39.1 Å². The van der Waals surface area contributed by atoms with Gasteiger partial charge in [0.25, 0.3) is 0 Å². The van der Waals surface area contributed by atoms with Crippen LogP contribution in [0.15, 0.2) is 29.8 Å². The van der Waals surface area contributed by atoms with E-state index in [1.165, 1.54) is 30.3 Å². The molecule has 8 nitrogen and oxygen atoms in total. The average Bonchev–Trinajstić information content (AvgIpc) is 2.43. The van der Waals surface area contributed by atoms with Crippen LogP contribution in [0.4, 0.5) is 0 Å². The van der Waals surface area contributed by atoms with Gasteiger partial charge in [0.1, 0.15) is 11.3 Å². The fourth-order valence-electron chi connectivity index (χ4n) is 1.33. The Bertz CT molecular complexity index is 639. The Morgan fingerprint density at radius 2 is 1.52 bits per heavy atom. The summed E-state index contributed by atoms with van der Waals surface area (Å²) in [6.45, 7) is 0. The molecule has 0 radical (unpaired) electrons. The van der Waals surface area contributed by atoms with E-state index >= 15 is 0 Å². The molecule has 0 spiro atoms. The maximum absolute atomic E-state index is 11.4. The van der Waals surface area contributed by atoms with Crippen molar-refractivity contribution in [2.45, 2.75) is 0 Å². The lowest BCUT2D eigenvalue weighted by molar-refractivity contribution is -0.143. The number of hydrogen-bond acceptors (Lipinski definition) is 7. The van der Waals surface area contributed by atoms with Crippen molar-refractivity contribution in [3.63, 3.8) is 0 Å². The van der Waals surface area contributed by atoms with Crippen LogP contribution >= 0.6 is 0 Å². The molecule has 0 aromatic heterocycles. The lowest BCUT2D eigenvalue weighted by Gasteiger charge is -2.04. The van der Waals surface area contributed by atoms with Crippen molar-refractivity contribution in [2.75, 3.05) is 14.2 Å². The first kappa shape index (κ1) is 16.7. The average molecular weight is 316 g/mol. The molecule has 21 heavy (non-hydrogen) atoms. The van der Waals surface area contributed by atoms with Crippen LogP contribution in [0.2, 0.25) is 0 Å². The number of esters is 2. The lowest BCUT2D eigenvalue weighted by atomic mass is 10.1. The smallest absolute Gasteiger partial charge is 0.446 e. The van der Waals surface area contributed by atoms with E-state index in [-0.39, 0.29) is 11.3 Å². The van der Waals surface area contributed by atoms with Gasteiger partial charge in [0.2, 0.25) is 0 Å². The van der Waals surface area contributed by atoms with E-state index < -0.39 is 22.3 Å². The number of ether oxygens (including phenoxy) is 2. The van der Waals surface area contributed by atoms with Crippen molar-refractivity contribution in [1.82, 2.24) is 0 Å². The van der Waals surface area contributed by atoms with E-state index in [1.54, 1.807) is 0 Å². The summed E-state index contributed by atoms with van der Waals surface area (Å²) in [5.74, 6) is -1.88. The van der Waals surface area contributed by atoms with E-state index in [0.717, 1.165) is 14.2 Å². The molecule has 0 atom stereocenters. The monoisotopic (exact) mass is 316 g/mol. The number of methoxy groups -OCH3 is 2. The largest absolute Gasteiger partial charge is 0.465 e. The highest BCUT2D eigenvalue weighted by molar-refractivity contribution is 7.81. The first-order valence-corrected chi connectivity index (χ1v) is 6.78. The van der Waals surface area contributed by atoms with Crippen LogP contribution < -0.4 is 4.18 Å². The summed E-state index contributed by atoms with van der Waals surface area (Å²) < 4.78 is 42.7. The third-order valence-electron chi connectivity index (χ3n) is 2.20. The maximum Gasteiger partial charge on any atom is 0.446 e. The number of carbonyl (C=O) groups excluding carboxylic acids is 2. The van der Waals surface area contributed by atoms with E-state index in [4.69, 9.17) is 4.55 Å². The van der Waals surface area contributed by atoms with Crippen molar-refractivity contribution in [1.29, 1.82) is 0 Å². The zero-order valence-corrected chi connectivity index (χ0v) is 11.9. The molecular weight excluding hydrogens is 304 g/mol. The Morgan fingerprint density at radius 3 is 1.90 bits per heavy atom. The fraction of sp³-hybridized carbons (Fsp3) is 0.167. The number of rotatable bonds is 5. The molecule has 0 saturated heterocycles. The van der Waals surface area contributed by atoms with E-state index in [1.807, 2.05) is 0 Å². The summed E-state index contributed by atoms with van der Waals surface area (Å²) in [6, 6.07) is 5.19. The van der Waals surface area contributed by atoms with Crippen molar-refractivity contribution in [3.8, 4) is 5.75 Å². The molecule has 1 aromatic rings. The summed E-state index contributed by atoms with van der Waals surface area (Å²) in [5.41, 5.74) is 0.0620. The molecule has 0 aliphatic rings. The van der Waals surface area contributed by atoms with Gasteiger partial charge in [-0.25, -0.2) is 9.59 Å². The quantitative estimate of drug-likeness (QED) is 0.276. The van der Waals surface area contributed by atoms with Crippen molar-refractivity contribution in [3.05, 3.63) is 35.4 Å². The first-order chi connectivity index (χ1) is 9.76. The molecule has 9 heteroatoms. The van der Waals surface area contributed by atoms with Crippen LogP contribution in [0.3, 0.4) is 0 Å². The van der Waals surface area contributed by atoms with Gasteiger partial charge in [0.05, 0.1) is 14.2 Å². The van der Waals surface area contributed by atoms with E-state index in [2.05, 4.69) is 13.7 Å². The third kappa shape index (κ3) is 5.24. The Balaban J connectivity index is 3.06. The molecule has 0 heterocycles. The molecule has 0 amide bonds. The maximum atomic E-state index is 11.4. The van der Waals surface area contributed by atoms with Gasteiger partial charge in [-0.2, -0.15) is 8.42 Å². The predicted molar refractivity (Wildman–Crippen MR) is 70.6 cm³/mol. The van der Waals surface area contributed by atoms with Gasteiger partial charge < -0.3 is 13.7 Å². The molecule has 114 valence electrons. The number of carbonyl (C=O) groups is 2. The highest BCUT2D eigenvalue weighted by atomic mass is 32.3. The minimum Gasteiger partial charge on any atom is -0.465 e. The second kappa shape index (κ2) is 6.86. The van der Waals surface area contributed by atoms with Gasteiger partial charge in [-0.15, -0.1) is 0 Å². The van der Waals surface area contributed by atoms with Crippen molar-refractivity contribution < 1.29 is 36.2 Å². The summed E-state index contributed by atoms with van der Waals surface area (Å²) >= 11 is 0. The Hall–Kier alpha value is -2.39. The normalized spacial score (nSPS) is 10.4. The zero-order chi connectivity index (χ0) is 16.0. The summed E-state index contributed by atoms with van der Waals surface area (Å²) in [4.78, 5) is 22.9. The van der Waals surface area contributed by atoms with Gasteiger partial charge in [0.15, 0.2) is 0 Å². The Morgan fingerprint density at radius 1 is 1.05 bits per heavy atom. The summed E-state index contributed by atoms with van der Waals surface area (Å²) in [6.07, 6.45) is 1.20. The van der Waals surface area contributed by atoms with Gasteiger partial charge in [0, 0.05) is 0 Å².